The van der Waals surface area contributed by atoms with Crippen LogP contribution in [0.5, 0.6) is 0 Å². The lowest BCUT2D eigenvalue weighted by atomic mass is 9.86. The van der Waals surface area contributed by atoms with E-state index in [0.717, 1.165) is 29.8 Å². The number of hydrogen-bond acceptors (Lipinski definition) is 3. The molecule has 4 rings (SSSR count). The van der Waals surface area contributed by atoms with Gasteiger partial charge in [-0.05, 0) is 43.7 Å². The predicted octanol–water partition coefficient (Wildman–Crippen LogP) is 4.25. The summed E-state index contributed by atoms with van der Waals surface area (Å²) in [5, 5.41) is 7.71. The highest BCUT2D eigenvalue weighted by Crippen LogP contribution is 2.25. The van der Waals surface area contributed by atoms with Crippen LogP contribution in [-0.4, -0.2) is 26.5 Å². The van der Waals surface area contributed by atoms with Crippen LogP contribution >= 0.6 is 0 Å². The highest BCUT2D eigenvalue weighted by atomic mass is 16.1. The van der Waals surface area contributed by atoms with Crippen molar-refractivity contribution in [1.82, 2.24) is 19.9 Å². The summed E-state index contributed by atoms with van der Waals surface area (Å²) in [6.07, 6.45) is 7.14. The Kier molecular flexibility index (Phi) is 5.16. The van der Waals surface area contributed by atoms with Crippen LogP contribution in [0.25, 0.3) is 5.65 Å². The normalized spacial score (nSPS) is 19.7. The smallest absolute Gasteiger partial charge is 0.256 e. The molecule has 1 saturated carbocycles. The van der Waals surface area contributed by atoms with Gasteiger partial charge in [-0.15, -0.1) is 0 Å². The van der Waals surface area contributed by atoms with Crippen LogP contribution in [0, 0.1) is 19.8 Å². The fourth-order valence-electron chi connectivity index (χ4n) is 4.30. The summed E-state index contributed by atoms with van der Waals surface area (Å²) in [6, 6.07) is 10.6. The minimum Gasteiger partial charge on any atom is -0.349 e. The maximum absolute atomic E-state index is 12.9. The Morgan fingerprint density at radius 2 is 1.93 bits per heavy atom. The fourth-order valence-corrected chi connectivity index (χ4v) is 4.30. The highest BCUT2D eigenvalue weighted by Gasteiger charge is 2.25. The van der Waals surface area contributed by atoms with Gasteiger partial charge in [-0.3, -0.25) is 4.79 Å². The molecular formula is C23H28N4O. The van der Waals surface area contributed by atoms with Crippen molar-refractivity contribution in [3.63, 3.8) is 0 Å². The third kappa shape index (κ3) is 3.53. The van der Waals surface area contributed by atoms with E-state index in [1.54, 1.807) is 6.20 Å². The average Bonchev–Trinajstić information content (AvgIpc) is 3.12. The number of rotatable bonds is 4. The van der Waals surface area contributed by atoms with E-state index in [-0.39, 0.29) is 11.9 Å². The molecule has 2 heterocycles. The Bertz CT molecular complexity index is 993. The third-order valence-corrected chi connectivity index (χ3v) is 6.10. The molecule has 3 aromatic rings. The number of benzene rings is 1. The first-order valence-electron chi connectivity index (χ1n) is 10.2. The van der Waals surface area contributed by atoms with E-state index in [1.165, 1.54) is 24.8 Å². The first kappa shape index (κ1) is 18.7. The van der Waals surface area contributed by atoms with E-state index in [9.17, 15) is 4.79 Å². The van der Waals surface area contributed by atoms with E-state index < -0.39 is 0 Å². The van der Waals surface area contributed by atoms with Gasteiger partial charge in [0.15, 0.2) is 5.65 Å². The summed E-state index contributed by atoms with van der Waals surface area (Å²) in [5.41, 5.74) is 5.61. The molecule has 2 aromatic heterocycles. The van der Waals surface area contributed by atoms with Crippen molar-refractivity contribution < 1.29 is 4.79 Å². The molecule has 1 aliphatic carbocycles. The maximum atomic E-state index is 12.9. The van der Waals surface area contributed by atoms with E-state index in [4.69, 9.17) is 4.98 Å². The lowest BCUT2D eigenvalue weighted by Crippen LogP contribution is -2.41. The van der Waals surface area contributed by atoms with Gasteiger partial charge in [0.1, 0.15) is 5.56 Å². The van der Waals surface area contributed by atoms with Gasteiger partial charge in [0.2, 0.25) is 0 Å². The Morgan fingerprint density at radius 3 is 2.68 bits per heavy atom. The molecule has 1 fully saturated rings. The number of amides is 1. The number of carbonyl (C=O) groups excluding carboxylic acids is 1. The van der Waals surface area contributed by atoms with Crippen LogP contribution in [0.4, 0.5) is 0 Å². The molecule has 0 radical (unpaired) electrons. The van der Waals surface area contributed by atoms with Crippen molar-refractivity contribution >= 4 is 11.6 Å². The second-order valence-corrected chi connectivity index (χ2v) is 8.06. The highest BCUT2D eigenvalue weighted by molar-refractivity contribution is 5.99. The minimum absolute atomic E-state index is 0.0594. The van der Waals surface area contributed by atoms with Gasteiger partial charge >= 0.3 is 0 Å². The maximum Gasteiger partial charge on any atom is 0.256 e. The molecule has 1 N–H and O–H groups in total. The van der Waals surface area contributed by atoms with Gasteiger partial charge in [0.25, 0.3) is 5.91 Å². The molecule has 1 amide bonds. The molecule has 146 valence electrons. The number of fused-ring (bicyclic) bond motifs is 1. The standard InChI is InChI=1S/C23H28N4O/c1-15-9-7-8-12-21(15)26-23(28)20-14-24-27-17(3)19(16(2)25-22(20)27)13-18-10-5-4-6-11-18/h4-6,10-11,14-15,21H,7-9,12-13H2,1-3H3,(H,26,28)/t15-,21+/m0/s1. The molecule has 28 heavy (non-hydrogen) atoms. The number of nitrogens with zero attached hydrogens (tertiary/aromatic N) is 3. The van der Waals surface area contributed by atoms with E-state index in [2.05, 4.69) is 48.5 Å². The van der Waals surface area contributed by atoms with Crippen LogP contribution in [0.2, 0.25) is 0 Å². The van der Waals surface area contributed by atoms with Crippen molar-refractivity contribution in [3.05, 3.63) is 64.6 Å². The number of aryl methyl sites for hydroxylation is 2. The second kappa shape index (κ2) is 7.74. The zero-order valence-electron chi connectivity index (χ0n) is 16.9. The summed E-state index contributed by atoms with van der Waals surface area (Å²) in [4.78, 5) is 17.7. The van der Waals surface area contributed by atoms with E-state index >= 15 is 0 Å². The molecule has 0 bridgehead atoms. The van der Waals surface area contributed by atoms with Crippen molar-refractivity contribution in [2.24, 2.45) is 5.92 Å². The van der Waals surface area contributed by atoms with Gasteiger partial charge in [0, 0.05) is 23.9 Å². The molecule has 1 aromatic carbocycles. The van der Waals surface area contributed by atoms with E-state index in [1.807, 2.05) is 17.5 Å². The topological polar surface area (TPSA) is 59.3 Å². The predicted molar refractivity (Wildman–Crippen MR) is 111 cm³/mol. The zero-order chi connectivity index (χ0) is 19.7. The Labute approximate surface area is 166 Å². The Hall–Kier alpha value is -2.69. The molecule has 2 atom stereocenters. The van der Waals surface area contributed by atoms with Gasteiger partial charge in [-0.1, -0.05) is 50.1 Å². The summed E-state index contributed by atoms with van der Waals surface area (Å²) in [6.45, 7) is 6.30. The van der Waals surface area contributed by atoms with Crippen LogP contribution in [0.1, 0.15) is 65.5 Å². The van der Waals surface area contributed by atoms with Crippen molar-refractivity contribution in [2.45, 2.75) is 58.9 Å². The fraction of sp³-hybridized carbons (Fsp3) is 0.435. The van der Waals surface area contributed by atoms with Crippen LogP contribution in [-0.2, 0) is 6.42 Å². The van der Waals surface area contributed by atoms with Crippen LogP contribution in [0.3, 0.4) is 0 Å². The Balaban J connectivity index is 1.64. The number of aromatic nitrogens is 3. The molecule has 0 saturated heterocycles. The summed E-state index contributed by atoms with van der Waals surface area (Å²) in [7, 11) is 0. The quantitative estimate of drug-likeness (QED) is 0.741. The molecule has 5 heteroatoms. The lowest BCUT2D eigenvalue weighted by molar-refractivity contribution is 0.0912. The largest absolute Gasteiger partial charge is 0.349 e. The average molecular weight is 377 g/mol. The van der Waals surface area contributed by atoms with Crippen molar-refractivity contribution in [3.8, 4) is 0 Å². The van der Waals surface area contributed by atoms with Crippen molar-refractivity contribution in [1.29, 1.82) is 0 Å². The molecular weight excluding hydrogens is 348 g/mol. The Morgan fingerprint density at radius 1 is 1.18 bits per heavy atom. The van der Waals surface area contributed by atoms with Crippen molar-refractivity contribution in [2.75, 3.05) is 0 Å². The molecule has 5 nitrogen and oxygen atoms in total. The minimum atomic E-state index is -0.0594. The van der Waals surface area contributed by atoms with Gasteiger partial charge in [-0.25, -0.2) is 9.50 Å². The third-order valence-electron chi connectivity index (χ3n) is 6.10. The summed E-state index contributed by atoms with van der Waals surface area (Å²) in [5.74, 6) is 0.462. The molecule has 0 spiro atoms. The number of nitrogens with one attached hydrogen (secondary N) is 1. The first-order valence-corrected chi connectivity index (χ1v) is 10.2. The monoisotopic (exact) mass is 376 g/mol. The van der Waals surface area contributed by atoms with Crippen LogP contribution < -0.4 is 5.32 Å². The number of hydrogen-bond donors (Lipinski definition) is 1. The van der Waals surface area contributed by atoms with Gasteiger partial charge in [0.05, 0.1) is 6.20 Å². The molecule has 0 unspecified atom stereocenters. The first-order chi connectivity index (χ1) is 13.5. The van der Waals surface area contributed by atoms with Gasteiger partial charge < -0.3 is 5.32 Å². The number of carbonyl (C=O) groups is 1. The van der Waals surface area contributed by atoms with Crippen LogP contribution in [0.15, 0.2) is 36.5 Å². The SMILES string of the molecule is Cc1nc2c(C(=O)N[C@@H]3CCCC[C@@H]3C)cnn2c(C)c1Cc1ccccc1. The molecule has 0 aliphatic heterocycles. The van der Waals surface area contributed by atoms with E-state index in [0.29, 0.717) is 17.1 Å². The molecule has 1 aliphatic rings. The summed E-state index contributed by atoms with van der Waals surface area (Å²) >= 11 is 0. The lowest BCUT2D eigenvalue weighted by Gasteiger charge is -2.29. The second-order valence-electron chi connectivity index (χ2n) is 8.06. The zero-order valence-corrected chi connectivity index (χ0v) is 16.9. The van der Waals surface area contributed by atoms with Gasteiger partial charge in [-0.2, -0.15) is 5.10 Å². The summed E-state index contributed by atoms with van der Waals surface area (Å²) < 4.78 is 1.81.